The normalized spacial score (nSPS) is 21.5. The number of hydrogen-bond donors (Lipinski definition) is 0. The first-order valence-electron chi connectivity index (χ1n) is 8.47. The molecule has 0 radical (unpaired) electrons. The highest BCUT2D eigenvalue weighted by atomic mass is 16.6. The molecule has 4 heteroatoms. The number of rotatable bonds is 5. The molecule has 1 fully saturated rings. The Bertz CT molecular complexity index is 589. The first kappa shape index (κ1) is 18.2. The number of amides is 1. The van der Waals surface area contributed by atoms with E-state index in [0.29, 0.717) is 13.1 Å². The Morgan fingerprint density at radius 2 is 2.00 bits per heavy atom. The average molecular weight is 329 g/mol. The van der Waals surface area contributed by atoms with E-state index in [1.165, 1.54) is 0 Å². The van der Waals surface area contributed by atoms with E-state index >= 15 is 0 Å². The zero-order valence-electron chi connectivity index (χ0n) is 14.8. The maximum Gasteiger partial charge on any atom is 0.306 e. The van der Waals surface area contributed by atoms with Gasteiger partial charge in [0.1, 0.15) is 5.60 Å². The van der Waals surface area contributed by atoms with Gasteiger partial charge >= 0.3 is 5.97 Å². The van der Waals surface area contributed by atoms with Crippen LogP contribution in [0.4, 0.5) is 0 Å². The van der Waals surface area contributed by atoms with Gasteiger partial charge in [-0.15, -0.1) is 6.58 Å². The average Bonchev–Trinajstić information content (AvgIpc) is 2.49. The number of hydrogen-bond acceptors (Lipinski definition) is 3. The molecule has 0 unspecified atom stereocenters. The van der Waals surface area contributed by atoms with Crippen LogP contribution in [0, 0.1) is 11.8 Å². The lowest BCUT2D eigenvalue weighted by atomic mass is 9.82. The summed E-state index contributed by atoms with van der Waals surface area (Å²) in [5, 5.41) is 0. The van der Waals surface area contributed by atoms with Crippen molar-refractivity contribution in [2.75, 3.05) is 6.54 Å². The van der Waals surface area contributed by atoms with Gasteiger partial charge in [0, 0.05) is 19.5 Å². The van der Waals surface area contributed by atoms with Crippen LogP contribution < -0.4 is 0 Å². The molecule has 2 rings (SSSR count). The fourth-order valence-corrected chi connectivity index (χ4v) is 3.10. The van der Waals surface area contributed by atoms with Crippen LogP contribution in [0.1, 0.15) is 39.2 Å². The number of likely N-dealkylation sites (tertiary alicyclic amines) is 1. The van der Waals surface area contributed by atoms with Crippen LogP contribution >= 0.6 is 0 Å². The van der Waals surface area contributed by atoms with E-state index in [2.05, 4.69) is 6.58 Å². The Morgan fingerprint density at radius 1 is 1.33 bits per heavy atom. The van der Waals surface area contributed by atoms with Gasteiger partial charge < -0.3 is 9.64 Å². The zero-order valence-corrected chi connectivity index (χ0v) is 14.8. The van der Waals surface area contributed by atoms with Crippen molar-refractivity contribution in [3.05, 3.63) is 48.6 Å². The Hall–Kier alpha value is -2.10. The second-order valence-electron chi connectivity index (χ2n) is 7.35. The van der Waals surface area contributed by atoms with Crippen molar-refractivity contribution in [1.82, 2.24) is 4.90 Å². The van der Waals surface area contributed by atoms with Gasteiger partial charge in [0.05, 0.1) is 5.92 Å². The van der Waals surface area contributed by atoms with Crippen LogP contribution in [0.2, 0.25) is 0 Å². The molecule has 4 nitrogen and oxygen atoms in total. The van der Waals surface area contributed by atoms with Crippen LogP contribution in [-0.2, 0) is 20.9 Å². The number of nitrogens with zero attached hydrogens (tertiary/aromatic N) is 1. The maximum atomic E-state index is 12.7. The summed E-state index contributed by atoms with van der Waals surface area (Å²) in [6.45, 7) is 10.6. The second-order valence-corrected chi connectivity index (χ2v) is 7.35. The van der Waals surface area contributed by atoms with Gasteiger partial charge in [0.25, 0.3) is 0 Å². The predicted octanol–water partition coefficient (Wildman–Crippen LogP) is 3.57. The van der Waals surface area contributed by atoms with Gasteiger partial charge in [0.15, 0.2) is 0 Å². The standard InChI is InChI=1S/C20H27NO3/c1-5-17-16(13-18(22)24-20(2,3)4)11-12-21(19(17)23)14-15-9-7-6-8-10-15/h5-10,16-17H,1,11-14H2,2-4H3/t16-,17-/m1/s1. The molecule has 0 bridgehead atoms. The molecule has 24 heavy (non-hydrogen) atoms. The van der Waals surface area contributed by atoms with Crippen LogP contribution in [0.15, 0.2) is 43.0 Å². The van der Waals surface area contributed by atoms with Crippen molar-refractivity contribution < 1.29 is 14.3 Å². The summed E-state index contributed by atoms with van der Waals surface area (Å²) in [5.41, 5.74) is 0.609. The first-order chi connectivity index (χ1) is 11.3. The van der Waals surface area contributed by atoms with Crippen molar-refractivity contribution in [2.24, 2.45) is 11.8 Å². The van der Waals surface area contributed by atoms with Crippen LogP contribution in [0.5, 0.6) is 0 Å². The van der Waals surface area contributed by atoms with Gasteiger partial charge in [0.2, 0.25) is 5.91 Å². The lowest BCUT2D eigenvalue weighted by molar-refractivity contribution is -0.157. The number of esters is 1. The molecule has 0 N–H and O–H groups in total. The van der Waals surface area contributed by atoms with Crippen molar-refractivity contribution in [1.29, 1.82) is 0 Å². The van der Waals surface area contributed by atoms with E-state index in [1.807, 2.05) is 56.0 Å². The molecule has 0 saturated carbocycles. The maximum absolute atomic E-state index is 12.7. The fourth-order valence-electron chi connectivity index (χ4n) is 3.10. The lowest BCUT2D eigenvalue weighted by Crippen LogP contribution is -2.45. The third kappa shape index (κ3) is 4.95. The molecule has 2 atom stereocenters. The molecule has 1 amide bonds. The van der Waals surface area contributed by atoms with Gasteiger partial charge in [-0.1, -0.05) is 36.4 Å². The van der Waals surface area contributed by atoms with Gasteiger partial charge in [-0.25, -0.2) is 0 Å². The Balaban J connectivity index is 1.99. The Morgan fingerprint density at radius 3 is 2.58 bits per heavy atom. The summed E-state index contributed by atoms with van der Waals surface area (Å²) in [7, 11) is 0. The molecular weight excluding hydrogens is 302 g/mol. The van der Waals surface area contributed by atoms with Gasteiger partial charge in [-0.3, -0.25) is 9.59 Å². The number of benzene rings is 1. The minimum Gasteiger partial charge on any atom is -0.460 e. The summed E-state index contributed by atoms with van der Waals surface area (Å²) >= 11 is 0. The van der Waals surface area contributed by atoms with Crippen molar-refractivity contribution >= 4 is 11.9 Å². The first-order valence-corrected chi connectivity index (χ1v) is 8.47. The summed E-state index contributed by atoms with van der Waals surface area (Å²) in [6, 6.07) is 9.94. The highest BCUT2D eigenvalue weighted by Gasteiger charge is 2.36. The molecular formula is C20H27NO3. The SMILES string of the molecule is C=C[C@H]1C(=O)N(Cc2ccccc2)CC[C@@H]1CC(=O)OC(C)(C)C. The molecule has 1 saturated heterocycles. The fraction of sp³-hybridized carbons (Fsp3) is 0.500. The molecule has 1 aromatic carbocycles. The Kier molecular flexibility index (Phi) is 5.81. The summed E-state index contributed by atoms with van der Waals surface area (Å²) in [5.74, 6) is -0.552. The molecule has 130 valence electrons. The van der Waals surface area contributed by atoms with E-state index in [4.69, 9.17) is 4.74 Å². The van der Waals surface area contributed by atoms with E-state index in [-0.39, 0.29) is 30.1 Å². The van der Waals surface area contributed by atoms with Gasteiger partial charge in [-0.05, 0) is 38.7 Å². The number of ether oxygens (including phenoxy) is 1. The molecule has 1 heterocycles. The summed E-state index contributed by atoms with van der Waals surface area (Å²) in [4.78, 5) is 26.7. The molecule has 1 aliphatic heterocycles. The van der Waals surface area contributed by atoms with Crippen molar-refractivity contribution in [3.63, 3.8) is 0 Å². The van der Waals surface area contributed by atoms with E-state index in [9.17, 15) is 9.59 Å². The van der Waals surface area contributed by atoms with Crippen LogP contribution in [-0.4, -0.2) is 28.9 Å². The van der Waals surface area contributed by atoms with E-state index < -0.39 is 5.60 Å². The molecule has 1 aliphatic rings. The predicted molar refractivity (Wildman–Crippen MR) is 94.1 cm³/mol. The lowest BCUT2D eigenvalue weighted by Gasteiger charge is -2.36. The molecule has 0 aromatic heterocycles. The molecule has 0 spiro atoms. The smallest absolute Gasteiger partial charge is 0.306 e. The molecule has 0 aliphatic carbocycles. The van der Waals surface area contributed by atoms with Gasteiger partial charge in [-0.2, -0.15) is 0 Å². The van der Waals surface area contributed by atoms with Crippen molar-refractivity contribution in [3.8, 4) is 0 Å². The number of carbonyl (C=O) groups is 2. The van der Waals surface area contributed by atoms with Crippen LogP contribution in [0.3, 0.4) is 0 Å². The minimum absolute atomic E-state index is 0.0307. The van der Waals surface area contributed by atoms with Crippen LogP contribution in [0.25, 0.3) is 0 Å². The summed E-state index contributed by atoms with van der Waals surface area (Å²) in [6.07, 6.45) is 2.72. The Labute approximate surface area is 144 Å². The quantitative estimate of drug-likeness (QED) is 0.613. The largest absolute Gasteiger partial charge is 0.460 e. The topological polar surface area (TPSA) is 46.6 Å². The number of piperidine rings is 1. The summed E-state index contributed by atoms with van der Waals surface area (Å²) < 4.78 is 5.39. The van der Waals surface area contributed by atoms with E-state index in [1.54, 1.807) is 6.08 Å². The third-order valence-electron chi connectivity index (χ3n) is 4.19. The van der Waals surface area contributed by atoms with Crippen molar-refractivity contribution in [2.45, 2.75) is 45.8 Å². The third-order valence-corrected chi connectivity index (χ3v) is 4.19. The number of carbonyl (C=O) groups excluding carboxylic acids is 2. The second kappa shape index (κ2) is 7.65. The highest BCUT2D eigenvalue weighted by Crippen LogP contribution is 2.30. The highest BCUT2D eigenvalue weighted by molar-refractivity contribution is 5.82. The molecule has 1 aromatic rings. The minimum atomic E-state index is -0.501. The van der Waals surface area contributed by atoms with E-state index in [0.717, 1.165) is 12.0 Å². The zero-order chi connectivity index (χ0) is 17.7. The monoisotopic (exact) mass is 329 g/mol.